The molecule has 0 N–H and O–H groups in total. The van der Waals surface area contributed by atoms with Crippen LogP contribution in [0, 0.1) is 0 Å². The number of fused-ring (bicyclic) bond motifs is 1. The van der Waals surface area contributed by atoms with Gasteiger partial charge in [0.15, 0.2) is 0 Å². The molecule has 2 aromatic rings. The predicted molar refractivity (Wildman–Crippen MR) is 52.6 cm³/mol. The zero-order chi connectivity index (χ0) is 8.97. The van der Waals surface area contributed by atoms with Crippen LogP contribution >= 0.6 is 11.6 Å². The zero-order valence-corrected chi connectivity index (χ0v) is 7.93. The van der Waals surface area contributed by atoms with Crippen LogP contribution in [-0.2, 0) is 0 Å². The topological polar surface area (TPSA) is 13.1 Å². The summed E-state index contributed by atoms with van der Waals surface area (Å²) in [4.78, 5) is 0. The Morgan fingerprint density at radius 1 is 1.17 bits per heavy atom. The minimum absolute atomic E-state index is 0.676. The number of hydrogen-bond donors (Lipinski definition) is 0. The van der Waals surface area contributed by atoms with Gasteiger partial charge in [-0.05, 0) is 12.1 Å². The van der Waals surface area contributed by atoms with Crippen LogP contribution in [0.25, 0.3) is 11.0 Å². The molecule has 0 unspecified atom stereocenters. The molecule has 1 aromatic carbocycles. The summed E-state index contributed by atoms with van der Waals surface area (Å²) in [5, 5.41) is 1.65. The molecule has 2 heteroatoms. The quantitative estimate of drug-likeness (QED) is 0.598. The molecule has 0 bridgehead atoms. The van der Waals surface area contributed by atoms with E-state index >= 15 is 0 Å². The third kappa shape index (κ3) is 1.62. The second-order valence-electron chi connectivity index (χ2n) is 2.08. The van der Waals surface area contributed by atoms with E-state index < -0.39 is 0 Å². The molecular formula is C10H11ClO. The van der Waals surface area contributed by atoms with Gasteiger partial charge < -0.3 is 4.42 Å². The maximum atomic E-state index is 5.78. The van der Waals surface area contributed by atoms with Gasteiger partial charge >= 0.3 is 0 Å². The molecule has 12 heavy (non-hydrogen) atoms. The third-order valence-corrected chi connectivity index (χ3v) is 1.73. The number of furan rings is 1. The third-order valence-electron chi connectivity index (χ3n) is 1.43. The Morgan fingerprint density at radius 3 is 2.50 bits per heavy atom. The molecule has 0 aliphatic heterocycles. The van der Waals surface area contributed by atoms with Gasteiger partial charge in [-0.3, -0.25) is 0 Å². The summed E-state index contributed by atoms with van der Waals surface area (Å²) in [5.41, 5.74) is 0.840. The number of benzene rings is 1. The number of rotatable bonds is 0. The number of halogens is 1. The maximum Gasteiger partial charge on any atom is 0.135 e. The van der Waals surface area contributed by atoms with Crippen LogP contribution < -0.4 is 0 Å². The molecule has 0 aliphatic rings. The minimum atomic E-state index is 0.676. The fraction of sp³-hybridized carbons (Fsp3) is 0.200. The van der Waals surface area contributed by atoms with Crippen molar-refractivity contribution in [3.05, 3.63) is 35.6 Å². The van der Waals surface area contributed by atoms with Gasteiger partial charge in [-0.15, -0.1) is 0 Å². The lowest BCUT2D eigenvalue weighted by atomic mass is 10.3. The fourth-order valence-electron chi connectivity index (χ4n) is 0.945. The van der Waals surface area contributed by atoms with Gasteiger partial charge in [-0.25, -0.2) is 0 Å². The highest BCUT2D eigenvalue weighted by Crippen LogP contribution is 2.24. The normalized spacial score (nSPS) is 9.25. The Balaban J connectivity index is 0.000000336. The molecule has 1 nitrogen and oxygen atoms in total. The van der Waals surface area contributed by atoms with E-state index in [-0.39, 0.29) is 0 Å². The minimum Gasteiger partial charge on any atom is -0.463 e. The first-order chi connectivity index (χ1) is 5.88. The molecule has 64 valence electrons. The molecule has 0 spiro atoms. The van der Waals surface area contributed by atoms with Crippen LogP contribution in [0.3, 0.4) is 0 Å². The highest BCUT2D eigenvalue weighted by molar-refractivity contribution is 6.35. The summed E-state index contributed by atoms with van der Waals surface area (Å²) in [6, 6.07) is 7.67. The lowest BCUT2D eigenvalue weighted by Crippen LogP contribution is -1.60. The Kier molecular flexibility index (Phi) is 3.18. The van der Waals surface area contributed by atoms with E-state index in [0.29, 0.717) is 5.02 Å². The van der Waals surface area contributed by atoms with Crippen molar-refractivity contribution in [3.8, 4) is 0 Å². The van der Waals surface area contributed by atoms with E-state index in [2.05, 4.69) is 0 Å². The Bertz CT molecular complexity index is 351. The van der Waals surface area contributed by atoms with Crippen LogP contribution in [0.2, 0.25) is 5.02 Å². The van der Waals surface area contributed by atoms with Gasteiger partial charge in [-0.2, -0.15) is 0 Å². The summed E-state index contributed by atoms with van der Waals surface area (Å²) in [7, 11) is 0. The van der Waals surface area contributed by atoms with Gasteiger partial charge in [0, 0.05) is 5.39 Å². The molecule has 0 radical (unpaired) electrons. The highest BCUT2D eigenvalue weighted by atomic mass is 35.5. The lowest BCUT2D eigenvalue weighted by Gasteiger charge is -1.83. The average Bonchev–Trinajstić information content (AvgIpc) is 2.53. The first-order valence-electron chi connectivity index (χ1n) is 3.99. The number of para-hydroxylation sites is 1. The second kappa shape index (κ2) is 4.17. The first-order valence-corrected chi connectivity index (χ1v) is 4.37. The van der Waals surface area contributed by atoms with Gasteiger partial charge in [0.05, 0.1) is 5.02 Å². The summed E-state index contributed by atoms with van der Waals surface area (Å²) in [5.74, 6) is 0. The summed E-state index contributed by atoms with van der Waals surface area (Å²) < 4.78 is 5.12. The van der Waals surface area contributed by atoms with Crippen molar-refractivity contribution in [3.63, 3.8) is 0 Å². The monoisotopic (exact) mass is 182 g/mol. The Morgan fingerprint density at radius 2 is 1.83 bits per heavy atom. The first kappa shape index (κ1) is 9.14. The molecule has 0 amide bonds. The predicted octanol–water partition coefficient (Wildman–Crippen LogP) is 4.11. The van der Waals surface area contributed by atoms with Gasteiger partial charge in [0.2, 0.25) is 0 Å². The van der Waals surface area contributed by atoms with E-state index in [4.69, 9.17) is 16.0 Å². The van der Waals surface area contributed by atoms with Crippen LogP contribution in [0.15, 0.2) is 34.9 Å². The van der Waals surface area contributed by atoms with Crippen LogP contribution in [0.4, 0.5) is 0 Å². The molecule has 1 heterocycles. The van der Waals surface area contributed by atoms with E-state index in [9.17, 15) is 0 Å². The van der Waals surface area contributed by atoms with Crippen molar-refractivity contribution in [2.24, 2.45) is 0 Å². The zero-order valence-electron chi connectivity index (χ0n) is 7.17. The summed E-state index contributed by atoms with van der Waals surface area (Å²) in [6.45, 7) is 4.00. The SMILES string of the molecule is CC.Clc1coc2ccccc12. The molecular weight excluding hydrogens is 172 g/mol. The molecule has 0 saturated heterocycles. The molecule has 0 atom stereocenters. The van der Waals surface area contributed by atoms with Crippen molar-refractivity contribution in [2.75, 3.05) is 0 Å². The average molecular weight is 183 g/mol. The van der Waals surface area contributed by atoms with Crippen LogP contribution in [-0.4, -0.2) is 0 Å². The molecule has 0 aliphatic carbocycles. The lowest BCUT2D eigenvalue weighted by molar-refractivity contribution is 0.616. The molecule has 0 fully saturated rings. The Hall–Kier alpha value is -0.950. The fourth-order valence-corrected chi connectivity index (χ4v) is 1.15. The van der Waals surface area contributed by atoms with Crippen molar-refractivity contribution in [2.45, 2.75) is 13.8 Å². The van der Waals surface area contributed by atoms with Gasteiger partial charge in [-0.1, -0.05) is 37.6 Å². The Labute approximate surface area is 76.9 Å². The van der Waals surface area contributed by atoms with E-state index in [1.165, 1.54) is 0 Å². The van der Waals surface area contributed by atoms with Crippen molar-refractivity contribution in [1.29, 1.82) is 0 Å². The summed E-state index contributed by atoms with van der Waals surface area (Å²) in [6.07, 6.45) is 1.55. The summed E-state index contributed by atoms with van der Waals surface area (Å²) >= 11 is 5.78. The van der Waals surface area contributed by atoms with Crippen molar-refractivity contribution in [1.82, 2.24) is 0 Å². The second-order valence-corrected chi connectivity index (χ2v) is 2.49. The largest absolute Gasteiger partial charge is 0.463 e. The van der Waals surface area contributed by atoms with Gasteiger partial charge in [0.1, 0.15) is 11.8 Å². The number of hydrogen-bond acceptors (Lipinski definition) is 1. The molecule has 2 rings (SSSR count). The molecule has 0 saturated carbocycles. The van der Waals surface area contributed by atoms with Crippen LogP contribution in [0.1, 0.15) is 13.8 Å². The maximum absolute atomic E-state index is 5.78. The van der Waals surface area contributed by atoms with Gasteiger partial charge in [0.25, 0.3) is 0 Å². The standard InChI is InChI=1S/C8H5ClO.C2H6/c9-7-5-10-8-4-2-1-3-6(7)8;1-2/h1-5H;1-2H3. The van der Waals surface area contributed by atoms with E-state index in [1.807, 2.05) is 38.1 Å². The molecule has 1 aromatic heterocycles. The smallest absolute Gasteiger partial charge is 0.135 e. The van der Waals surface area contributed by atoms with Crippen molar-refractivity contribution < 1.29 is 4.42 Å². The highest BCUT2D eigenvalue weighted by Gasteiger charge is 1.99. The van der Waals surface area contributed by atoms with Crippen LogP contribution in [0.5, 0.6) is 0 Å². The van der Waals surface area contributed by atoms with Crippen molar-refractivity contribution >= 4 is 22.6 Å². The van der Waals surface area contributed by atoms with E-state index in [0.717, 1.165) is 11.0 Å². The van der Waals surface area contributed by atoms with E-state index in [1.54, 1.807) is 6.26 Å².